The zero-order valence-corrected chi connectivity index (χ0v) is 18.0. The Morgan fingerprint density at radius 1 is 1.34 bits per heavy atom. The molecule has 0 unspecified atom stereocenters. The summed E-state index contributed by atoms with van der Waals surface area (Å²) in [5, 5.41) is 23.1. The number of benzene rings is 1. The third-order valence-electron chi connectivity index (χ3n) is 5.08. The molecule has 1 saturated heterocycles. The molecule has 0 radical (unpaired) electrons. The van der Waals surface area contributed by atoms with Crippen molar-refractivity contribution >= 4 is 50.4 Å². The van der Waals surface area contributed by atoms with Crippen LogP contribution < -0.4 is 16.2 Å². The van der Waals surface area contributed by atoms with E-state index < -0.39 is 28.0 Å². The molecule has 1 aliphatic rings. The molecule has 1 aromatic carbocycles. The first-order valence-electron chi connectivity index (χ1n) is 9.29. The van der Waals surface area contributed by atoms with Crippen LogP contribution in [0.4, 0.5) is 11.5 Å². The van der Waals surface area contributed by atoms with Crippen LogP contribution in [0.3, 0.4) is 0 Å². The Labute approximate surface area is 187 Å². The largest absolute Gasteiger partial charge is 0.398 e. The molecule has 2 aromatic heterocycles. The van der Waals surface area contributed by atoms with E-state index in [9.17, 15) is 18.6 Å². The summed E-state index contributed by atoms with van der Waals surface area (Å²) in [6, 6.07) is 4.67. The molecule has 3 heterocycles. The van der Waals surface area contributed by atoms with Gasteiger partial charge in [-0.05, 0) is 29.8 Å². The molecule has 4 rings (SSSR count). The number of anilines is 2. The van der Waals surface area contributed by atoms with Crippen molar-refractivity contribution in [1.82, 2.24) is 24.2 Å². The Bertz CT molecular complexity index is 1300. The summed E-state index contributed by atoms with van der Waals surface area (Å²) in [5.74, 6) is 0.113. The number of nitrogens with one attached hydrogen (secondary N) is 1. The lowest BCUT2D eigenvalue weighted by Gasteiger charge is -2.27. The molecule has 0 spiro atoms. The number of aliphatic hydroxyl groups excluding tert-OH is 1. The van der Waals surface area contributed by atoms with Crippen molar-refractivity contribution in [3.8, 4) is 0 Å². The van der Waals surface area contributed by atoms with Crippen LogP contribution in [-0.2, 0) is 20.5 Å². The highest BCUT2D eigenvalue weighted by molar-refractivity contribution is 7.92. The van der Waals surface area contributed by atoms with Crippen molar-refractivity contribution in [3.63, 3.8) is 0 Å². The quantitative estimate of drug-likeness (QED) is 0.290. The zero-order chi connectivity index (χ0) is 23.1. The third-order valence-corrected chi connectivity index (χ3v) is 6.37. The van der Waals surface area contributed by atoms with Gasteiger partial charge in [0.1, 0.15) is 24.1 Å². The van der Waals surface area contributed by atoms with Gasteiger partial charge in [0.25, 0.3) is 0 Å². The van der Waals surface area contributed by atoms with Gasteiger partial charge in [0.05, 0.1) is 12.9 Å². The average Bonchev–Trinajstić information content (AvgIpc) is 3.31. The number of ether oxygens (including phenoxy) is 1. The molecular formula is C18H20ClN7O5S. The number of hydrogen-bond acceptors (Lipinski definition) is 10. The molecule has 14 heteroatoms. The van der Waals surface area contributed by atoms with Gasteiger partial charge in [-0.15, -0.1) is 0 Å². The first-order chi connectivity index (χ1) is 15.1. The van der Waals surface area contributed by atoms with E-state index in [1.54, 1.807) is 12.1 Å². The standard InChI is InChI=1S/C18H20ClN7O5S/c19-11-1-2-12(20)10(5-11)3-4-32(29,30)25-6-13-15(27)18(28,7-31-13)26-9-24-14-16(21)22-8-23-17(14)26/h1-5,8-9,13,15,25,27-28H,6-7,20H2,(H2,21,22,23)/b4-3+/t13-,15-,18+/m1/s1. The Morgan fingerprint density at radius 3 is 2.91 bits per heavy atom. The molecule has 32 heavy (non-hydrogen) atoms. The zero-order valence-electron chi connectivity index (χ0n) is 16.5. The number of imidazole rings is 1. The van der Waals surface area contributed by atoms with E-state index in [1.165, 1.54) is 29.4 Å². The van der Waals surface area contributed by atoms with Gasteiger partial charge in [0, 0.05) is 22.7 Å². The number of aliphatic hydroxyl groups is 2. The van der Waals surface area contributed by atoms with E-state index >= 15 is 0 Å². The molecule has 3 atom stereocenters. The molecule has 0 aliphatic carbocycles. The predicted octanol–water partition coefficient (Wildman–Crippen LogP) is -0.361. The van der Waals surface area contributed by atoms with Crippen LogP contribution in [0.1, 0.15) is 5.56 Å². The number of nitrogen functional groups attached to an aromatic ring is 2. The van der Waals surface area contributed by atoms with E-state index in [0.29, 0.717) is 16.3 Å². The second kappa shape index (κ2) is 8.27. The molecule has 3 aromatic rings. The smallest absolute Gasteiger partial charge is 0.233 e. The van der Waals surface area contributed by atoms with Gasteiger partial charge in [-0.25, -0.2) is 28.1 Å². The summed E-state index contributed by atoms with van der Waals surface area (Å²) in [7, 11) is -3.91. The average molecular weight is 482 g/mol. The number of aromatic nitrogens is 4. The number of fused-ring (bicyclic) bond motifs is 1. The Kier molecular flexibility index (Phi) is 5.79. The van der Waals surface area contributed by atoms with E-state index in [-0.39, 0.29) is 30.1 Å². The minimum absolute atomic E-state index is 0.113. The lowest BCUT2D eigenvalue weighted by atomic mass is 10.1. The van der Waals surface area contributed by atoms with Crippen molar-refractivity contribution in [2.24, 2.45) is 0 Å². The maximum atomic E-state index is 12.3. The number of halogens is 1. The lowest BCUT2D eigenvalue weighted by Crippen LogP contribution is -2.48. The first-order valence-corrected chi connectivity index (χ1v) is 11.2. The van der Waals surface area contributed by atoms with Crippen molar-refractivity contribution in [1.29, 1.82) is 0 Å². The van der Waals surface area contributed by atoms with Gasteiger partial charge in [-0.1, -0.05) is 11.6 Å². The highest BCUT2D eigenvalue weighted by Crippen LogP contribution is 2.32. The predicted molar refractivity (Wildman–Crippen MR) is 117 cm³/mol. The molecule has 170 valence electrons. The Balaban J connectivity index is 1.47. The van der Waals surface area contributed by atoms with Gasteiger partial charge >= 0.3 is 0 Å². The van der Waals surface area contributed by atoms with Crippen LogP contribution in [0.5, 0.6) is 0 Å². The van der Waals surface area contributed by atoms with Crippen LogP contribution in [0, 0.1) is 0 Å². The van der Waals surface area contributed by atoms with E-state index in [2.05, 4.69) is 19.7 Å². The second-order valence-electron chi connectivity index (χ2n) is 7.19. The van der Waals surface area contributed by atoms with Crippen LogP contribution in [-0.4, -0.2) is 63.5 Å². The first kappa shape index (κ1) is 22.4. The topological polar surface area (TPSA) is 191 Å². The van der Waals surface area contributed by atoms with Crippen LogP contribution in [0.25, 0.3) is 17.2 Å². The number of nitrogens with zero attached hydrogens (tertiary/aromatic N) is 4. The van der Waals surface area contributed by atoms with Crippen molar-refractivity contribution in [2.45, 2.75) is 17.9 Å². The Hall–Kier alpha value is -2.81. The van der Waals surface area contributed by atoms with E-state index in [1.807, 2.05) is 0 Å². The van der Waals surface area contributed by atoms with Gasteiger partial charge in [0.2, 0.25) is 10.0 Å². The fraction of sp³-hybridized carbons (Fsp3) is 0.278. The van der Waals surface area contributed by atoms with Gasteiger partial charge < -0.3 is 26.4 Å². The molecule has 7 N–H and O–H groups in total. The highest BCUT2D eigenvalue weighted by Gasteiger charge is 2.50. The molecule has 0 saturated carbocycles. The summed E-state index contributed by atoms with van der Waals surface area (Å²) in [4.78, 5) is 11.9. The Morgan fingerprint density at radius 2 is 2.12 bits per heavy atom. The van der Waals surface area contributed by atoms with E-state index in [0.717, 1.165) is 5.41 Å². The fourth-order valence-electron chi connectivity index (χ4n) is 3.32. The van der Waals surface area contributed by atoms with Crippen LogP contribution in [0.2, 0.25) is 5.02 Å². The van der Waals surface area contributed by atoms with Gasteiger partial charge in [-0.3, -0.25) is 4.57 Å². The summed E-state index contributed by atoms with van der Waals surface area (Å²) in [6.45, 7) is -0.629. The van der Waals surface area contributed by atoms with Gasteiger partial charge in [0.15, 0.2) is 17.2 Å². The molecule has 1 aliphatic heterocycles. The van der Waals surface area contributed by atoms with Crippen molar-refractivity contribution in [3.05, 3.63) is 46.8 Å². The van der Waals surface area contributed by atoms with E-state index in [4.69, 9.17) is 27.8 Å². The summed E-state index contributed by atoms with van der Waals surface area (Å²) in [6.07, 6.45) is 1.22. The number of sulfonamides is 1. The van der Waals surface area contributed by atoms with Gasteiger partial charge in [-0.2, -0.15) is 0 Å². The maximum Gasteiger partial charge on any atom is 0.233 e. The highest BCUT2D eigenvalue weighted by atomic mass is 35.5. The molecular weight excluding hydrogens is 462 g/mol. The molecule has 1 fully saturated rings. The monoisotopic (exact) mass is 481 g/mol. The minimum Gasteiger partial charge on any atom is -0.398 e. The van der Waals surface area contributed by atoms with Crippen molar-refractivity contribution < 1.29 is 23.4 Å². The molecule has 0 amide bonds. The second-order valence-corrected chi connectivity index (χ2v) is 9.28. The fourth-order valence-corrected chi connectivity index (χ4v) is 4.32. The molecule has 0 bridgehead atoms. The summed E-state index contributed by atoms with van der Waals surface area (Å²) < 4.78 is 33.7. The lowest BCUT2D eigenvalue weighted by molar-refractivity contribution is -0.107. The number of nitrogens with two attached hydrogens (primary N) is 2. The normalized spacial score (nSPS) is 24.0. The summed E-state index contributed by atoms with van der Waals surface area (Å²) >= 11 is 5.90. The summed E-state index contributed by atoms with van der Waals surface area (Å²) in [5.41, 5.74) is 10.9. The van der Waals surface area contributed by atoms with Crippen molar-refractivity contribution in [2.75, 3.05) is 24.6 Å². The molecule has 12 nitrogen and oxygen atoms in total. The SMILES string of the molecule is Nc1ccc(Cl)cc1/C=C/S(=O)(=O)NC[C@H]1OC[C@@](O)(n2cnc3c(N)ncnc32)[C@@H]1O. The maximum absolute atomic E-state index is 12.3. The third kappa shape index (κ3) is 4.13. The van der Waals surface area contributed by atoms with Crippen LogP contribution in [0.15, 0.2) is 36.3 Å². The number of rotatable bonds is 6. The number of hydrogen-bond donors (Lipinski definition) is 5. The minimum atomic E-state index is -3.91. The van der Waals surface area contributed by atoms with Crippen LogP contribution >= 0.6 is 11.6 Å².